The van der Waals surface area contributed by atoms with E-state index >= 15 is 0 Å². The van der Waals surface area contributed by atoms with Gasteiger partial charge in [-0.2, -0.15) is 0 Å². The fourth-order valence-corrected chi connectivity index (χ4v) is 2.15. The zero-order valence-electron chi connectivity index (χ0n) is 10.8. The number of aryl methyl sites for hydroxylation is 2. The Morgan fingerprint density at radius 2 is 2.17 bits per heavy atom. The third-order valence-corrected chi connectivity index (χ3v) is 2.93. The summed E-state index contributed by atoms with van der Waals surface area (Å²) in [6, 6.07) is 4.93. The quantitative estimate of drug-likeness (QED) is 0.900. The number of rotatable bonds is 4. The molecule has 2 rings (SSSR count). The number of nitrogens with one attached hydrogen (secondary N) is 1. The predicted octanol–water partition coefficient (Wildman–Crippen LogP) is 2.05. The van der Waals surface area contributed by atoms with E-state index < -0.39 is 0 Å². The first-order chi connectivity index (χ1) is 8.65. The molecule has 1 aromatic carbocycles. The average Bonchev–Trinajstić information content (AvgIpc) is 2.77. The summed E-state index contributed by atoms with van der Waals surface area (Å²) in [4.78, 5) is 0. The van der Waals surface area contributed by atoms with E-state index in [4.69, 9.17) is 0 Å². The van der Waals surface area contributed by atoms with Gasteiger partial charge in [-0.25, -0.2) is 9.07 Å². The summed E-state index contributed by atoms with van der Waals surface area (Å²) in [5.41, 5.74) is 2.72. The Hall–Kier alpha value is -1.75. The van der Waals surface area contributed by atoms with Crippen molar-refractivity contribution < 1.29 is 4.39 Å². The molecule has 0 bridgehead atoms. The van der Waals surface area contributed by atoms with Crippen LogP contribution < -0.4 is 5.32 Å². The molecule has 0 amide bonds. The van der Waals surface area contributed by atoms with Crippen molar-refractivity contribution in [2.24, 2.45) is 0 Å². The Morgan fingerprint density at radius 1 is 1.39 bits per heavy atom. The summed E-state index contributed by atoms with van der Waals surface area (Å²) in [6.07, 6.45) is 1.71. The maximum absolute atomic E-state index is 13.5. The van der Waals surface area contributed by atoms with E-state index in [1.54, 1.807) is 16.9 Å². The smallest absolute Gasteiger partial charge is 0.123 e. The molecule has 0 radical (unpaired) electrons. The fourth-order valence-electron chi connectivity index (χ4n) is 2.15. The molecule has 0 aliphatic rings. The highest BCUT2D eigenvalue weighted by Crippen LogP contribution is 2.22. The average molecular weight is 248 g/mol. The standard InChI is InChI=1S/C13H17FN4/c1-4-18-12(8-16-17-18)13(15-3)10-5-9(2)6-11(14)7-10/h5-8,13,15H,4H2,1-3H3. The van der Waals surface area contributed by atoms with Gasteiger partial charge in [-0.05, 0) is 44.2 Å². The van der Waals surface area contributed by atoms with Crippen LogP contribution in [0, 0.1) is 12.7 Å². The van der Waals surface area contributed by atoms with E-state index in [2.05, 4.69) is 15.6 Å². The zero-order valence-corrected chi connectivity index (χ0v) is 10.8. The molecule has 0 aliphatic heterocycles. The van der Waals surface area contributed by atoms with Crippen LogP contribution in [-0.2, 0) is 6.54 Å². The third kappa shape index (κ3) is 2.41. The van der Waals surface area contributed by atoms with Crippen LogP contribution in [0.2, 0.25) is 0 Å². The van der Waals surface area contributed by atoms with Crippen molar-refractivity contribution in [3.8, 4) is 0 Å². The largest absolute Gasteiger partial charge is 0.308 e. The number of halogens is 1. The molecule has 0 spiro atoms. The summed E-state index contributed by atoms with van der Waals surface area (Å²) in [6.45, 7) is 4.62. The maximum atomic E-state index is 13.5. The van der Waals surface area contributed by atoms with Crippen LogP contribution >= 0.6 is 0 Å². The third-order valence-electron chi connectivity index (χ3n) is 2.93. The molecule has 0 fully saturated rings. The molecule has 5 heteroatoms. The summed E-state index contributed by atoms with van der Waals surface area (Å²) >= 11 is 0. The molecule has 0 saturated heterocycles. The van der Waals surface area contributed by atoms with Crippen molar-refractivity contribution in [1.82, 2.24) is 20.3 Å². The molecular formula is C13H17FN4. The van der Waals surface area contributed by atoms with E-state index in [0.29, 0.717) is 0 Å². The first-order valence-electron chi connectivity index (χ1n) is 5.98. The Morgan fingerprint density at radius 3 is 2.78 bits per heavy atom. The van der Waals surface area contributed by atoms with Gasteiger partial charge < -0.3 is 5.32 Å². The van der Waals surface area contributed by atoms with E-state index in [9.17, 15) is 4.39 Å². The second-order valence-electron chi connectivity index (χ2n) is 4.26. The van der Waals surface area contributed by atoms with Crippen molar-refractivity contribution in [1.29, 1.82) is 0 Å². The van der Waals surface area contributed by atoms with Gasteiger partial charge in [0.1, 0.15) is 5.82 Å². The molecule has 96 valence electrons. The van der Waals surface area contributed by atoms with E-state index in [-0.39, 0.29) is 11.9 Å². The molecule has 1 N–H and O–H groups in total. The summed E-state index contributed by atoms with van der Waals surface area (Å²) in [5.74, 6) is -0.222. The van der Waals surface area contributed by atoms with Crippen molar-refractivity contribution in [3.05, 3.63) is 47.0 Å². The zero-order chi connectivity index (χ0) is 13.1. The Bertz CT molecular complexity index is 515. The maximum Gasteiger partial charge on any atom is 0.123 e. The normalized spacial score (nSPS) is 12.7. The number of hydrogen-bond acceptors (Lipinski definition) is 3. The Balaban J connectivity index is 2.45. The van der Waals surface area contributed by atoms with Gasteiger partial charge in [0.05, 0.1) is 17.9 Å². The number of nitrogens with zero attached hydrogens (tertiary/aromatic N) is 3. The minimum absolute atomic E-state index is 0.102. The highest BCUT2D eigenvalue weighted by Gasteiger charge is 2.17. The molecule has 1 atom stereocenters. The lowest BCUT2D eigenvalue weighted by molar-refractivity contribution is 0.548. The van der Waals surface area contributed by atoms with Crippen molar-refractivity contribution in [3.63, 3.8) is 0 Å². The molecule has 2 aromatic rings. The van der Waals surface area contributed by atoms with Crippen LogP contribution in [0.5, 0.6) is 0 Å². The lowest BCUT2D eigenvalue weighted by Crippen LogP contribution is -2.21. The minimum atomic E-state index is -0.222. The molecule has 18 heavy (non-hydrogen) atoms. The predicted molar refractivity (Wildman–Crippen MR) is 67.7 cm³/mol. The van der Waals surface area contributed by atoms with Crippen LogP contribution in [0.15, 0.2) is 24.4 Å². The van der Waals surface area contributed by atoms with Crippen LogP contribution in [0.3, 0.4) is 0 Å². The van der Waals surface area contributed by atoms with E-state index in [0.717, 1.165) is 23.4 Å². The molecule has 1 unspecified atom stereocenters. The highest BCUT2D eigenvalue weighted by molar-refractivity contribution is 5.31. The van der Waals surface area contributed by atoms with Crippen LogP contribution in [0.4, 0.5) is 4.39 Å². The Labute approximate surface area is 106 Å². The van der Waals surface area contributed by atoms with Gasteiger partial charge in [0.15, 0.2) is 0 Å². The van der Waals surface area contributed by atoms with Crippen LogP contribution in [0.1, 0.15) is 29.8 Å². The van der Waals surface area contributed by atoms with Crippen LogP contribution in [0.25, 0.3) is 0 Å². The van der Waals surface area contributed by atoms with Crippen molar-refractivity contribution >= 4 is 0 Å². The van der Waals surface area contributed by atoms with Crippen molar-refractivity contribution in [2.45, 2.75) is 26.4 Å². The molecule has 0 saturated carbocycles. The van der Waals surface area contributed by atoms with Crippen LogP contribution in [-0.4, -0.2) is 22.0 Å². The molecule has 4 nitrogen and oxygen atoms in total. The molecule has 1 aromatic heterocycles. The topological polar surface area (TPSA) is 42.7 Å². The SMILES string of the molecule is CCn1nncc1C(NC)c1cc(C)cc(F)c1. The van der Waals surface area contributed by atoms with Gasteiger partial charge >= 0.3 is 0 Å². The fraction of sp³-hybridized carbons (Fsp3) is 0.385. The summed E-state index contributed by atoms with van der Waals surface area (Å²) < 4.78 is 15.3. The second-order valence-corrected chi connectivity index (χ2v) is 4.26. The van der Waals surface area contributed by atoms with Gasteiger partial charge in [-0.1, -0.05) is 11.3 Å². The summed E-state index contributed by atoms with van der Waals surface area (Å²) in [7, 11) is 1.85. The van der Waals surface area contributed by atoms with E-state index in [1.165, 1.54) is 6.07 Å². The number of hydrogen-bond donors (Lipinski definition) is 1. The monoisotopic (exact) mass is 248 g/mol. The van der Waals surface area contributed by atoms with Gasteiger partial charge in [0.25, 0.3) is 0 Å². The number of benzene rings is 1. The lowest BCUT2D eigenvalue weighted by Gasteiger charge is -2.17. The van der Waals surface area contributed by atoms with Gasteiger partial charge in [-0.3, -0.25) is 0 Å². The van der Waals surface area contributed by atoms with Crippen molar-refractivity contribution in [2.75, 3.05) is 7.05 Å². The molecular weight excluding hydrogens is 231 g/mol. The molecule has 1 heterocycles. The highest BCUT2D eigenvalue weighted by atomic mass is 19.1. The lowest BCUT2D eigenvalue weighted by atomic mass is 10.0. The molecule has 0 aliphatic carbocycles. The van der Waals surface area contributed by atoms with Gasteiger partial charge in [-0.15, -0.1) is 5.10 Å². The first-order valence-corrected chi connectivity index (χ1v) is 5.98. The Kier molecular flexibility index (Phi) is 3.72. The van der Waals surface area contributed by atoms with Gasteiger partial charge in [0, 0.05) is 6.54 Å². The summed E-state index contributed by atoms with van der Waals surface area (Å²) in [5, 5.41) is 11.1. The number of aromatic nitrogens is 3. The first kappa shape index (κ1) is 12.7. The van der Waals surface area contributed by atoms with Gasteiger partial charge in [0.2, 0.25) is 0 Å². The minimum Gasteiger partial charge on any atom is -0.308 e. The second kappa shape index (κ2) is 5.27. The van der Waals surface area contributed by atoms with E-state index in [1.807, 2.05) is 27.0 Å².